The molecule has 0 saturated carbocycles. The molecule has 1 rings (SSSR count). The molecule has 0 fully saturated rings. The Hall–Kier alpha value is -0.350. The summed E-state index contributed by atoms with van der Waals surface area (Å²) in [5.74, 6) is -0.259. The maximum Gasteiger partial charge on any atom is 0.324 e. The Labute approximate surface area is 99.9 Å². The van der Waals surface area contributed by atoms with Crippen LogP contribution in [0.4, 0.5) is 0 Å². The monoisotopic (exact) mass is 320 g/mol. The first-order chi connectivity index (χ1) is 6.65. The minimum Gasteiger partial charge on any atom is -0.465 e. The first-order valence-electron chi connectivity index (χ1n) is 4.21. The second-order valence-corrected chi connectivity index (χ2v) is 4.50. The highest BCUT2D eigenvalue weighted by atomic mass is 79.9. The van der Waals surface area contributed by atoms with Gasteiger partial charge in [0.05, 0.1) is 6.61 Å². The average molecular weight is 322 g/mol. The second kappa shape index (κ2) is 5.51. The van der Waals surface area contributed by atoms with Gasteiger partial charge in [-0.15, -0.1) is 0 Å². The van der Waals surface area contributed by atoms with Crippen molar-refractivity contribution >= 4 is 37.8 Å². The lowest BCUT2D eigenvalue weighted by atomic mass is 10.1. The van der Waals surface area contributed by atoms with Crippen molar-refractivity contribution in [3.05, 3.63) is 34.3 Å². The number of carbonyl (C=O) groups is 1. The minimum atomic E-state index is -0.389. The fourth-order valence-electron chi connectivity index (χ4n) is 1.02. The van der Waals surface area contributed by atoms with Crippen molar-refractivity contribution < 1.29 is 9.53 Å². The van der Waals surface area contributed by atoms with Gasteiger partial charge in [0.25, 0.3) is 0 Å². The van der Waals surface area contributed by atoms with Crippen LogP contribution in [0.2, 0.25) is 0 Å². The molecule has 0 spiro atoms. The Morgan fingerprint density at radius 3 is 2.86 bits per heavy atom. The molecule has 0 amide bonds. The summed E-state index contributed by atoms with van der Waals surface area (Å²) in [6.45, 7) is 2.19. The number of hydrogen-bond donors (Lipinski definition) is 0. The van der Waals surface area contributed by atoms with Gasteiger partial charge in [-0.05, 0) is 24.6 Å². The summed E-state index contributed by atoms with van der Waals surface area (Å²) in [5, 5.41) is 0. The topological polar surface area (TPSA) is 26.3 Å². The lowest BCUT2D eigenvalue weighted by Crippen LogP contribution is -2.10. The largest absolute Gasteiger partial charge is 0.465 e. The Morgan fingerprint density at radius 1 is 1.57 bits per heavy atom. The number of hydrogen-bond acceptors (Lipinski definition) is 2. The third-order valence-corrected chi connectivity index (χ3v) is 3.03. The highest BCUT2D eigenvalue weighted by Crippen LogP contribution is 2.26. The van der Waals surface area contributed by atoms with Crippen LogP contribution in [0, 0.1) is 0 Å². The van der Waals surface area contributed by atoms with E-state index in [-0.39, 0.29) is 10.8 Å². The van der Waals surface area contributed by atoms with Gasteiger partial charge in [-0.1, -0.05) is 44.0 Å². The number of rotatable bonds is 3. The maximum absolute atomic E-state index is 11.4. The van der Waals surface area contributed by atoms with Crippen molar-refractivity contribution in [3.8, 4) is 0 Å². The van der Waals surface area contributed by atoms with Gasteiger partial charge in [-0.2, -0.15) is 0 Å². The predicted octanol–water partition coefficient (Wildman–Crippen LogP) is 3.45. The number of esters is 1. The van der Waals surface area contributed by atoms with Crippen molar-refractivity contribution in [1.29, 1.82) is 0 Å². The summed E-state index contributed by atoms with van der Waals surface area (Å²) < 4.78 is 5.84. The molecular weight excluding hydrogens is 312 g/mol. The van der Waals surface area contributed by atoms with Gasteiger partial charge in [-0.25, -0.2) is 0 Å². The van der Waals surface area contributed by atoms with E-state index in [2.05, 4.69) is 31.9 Å². The molecule has 0 bridgehead atoms. The van der Waals surface area contributed by atoms with Crippen LogP contribution in [0.5, 0.6) is 0 Å². The fourth-order valence-corrected chi connectivity index (χ4v) is 1.85. The van der Waals surface area contributed by atoms with Gasteiger partial charge >= 0.3 is 5.97 Å². The lowest BCUT2D eigenvalue weighted by Gasteiger charge is -2.09. The zero-order chi connectivity index (χ0) is 10.6. The molecule has 4 heteroatoms. The fraction of sp³-hybridized carbons (Fsp3) is 0.300. The van der Waals surface area contributed by atoms with Gasteiger partial charge in [0.2, 0.25) is 0 Å². The van der Waals surface area contributed by atoms with Crippen molar-refractivity contribution in [2.24, 2.45) is 0 Å². The standard InChI is InChI=1S/C10H10Br2O2/c1-2-14-10(13)9(12)7-4-3-5-8(11)6-7/h3-6,9H,2H2,1H3. The predicted molar refractivity (Wildman–Crippen MR) is 62.4 cm³/mol. The highest BCUT2D eigenvalue weighted by Gasteiger charge is 2.17. The smallest absolute Gasteiger partial charge is 0.324 e. The van der Waals surface area contributed by atoms with Crippen LogP contribution in [-0.2, 0) is 9.53 Å². The molecule has 1 atom stereocenters. The number of ether oxygens (including phenoxy) is 1. The number of halogens is 2. The van der Waals surface area contributed by atoms with E-state index in [0.717, 1.165) is 10.0 Å². The first-order valence-corrected chi connectivity index (χ1v) is 5.92. The molecule has 0 aliphatic heterocycles. The summed E-state index contributed by atoms with van der Waals surface area (Å²) in [6.07, 6.45) is 0. The van der Waals surface area contributed by atoms with Gasteiger partial charge in [0, 0.05) is 4.47 Å². The number of alkyl halides is 1. The lowest BCUT2D eigenvalue weighted by molar-refractivity contribution is -0.142. The van der Waals surface area contributed by atoms with Crippen molar-refractivity contribution in [1.82, 2.24) is 0 Å². The van der Waals surface area contributed by atoms with Crippen molar-refractivity contribution in [2.45, 2.75) is 11.8 Å². The van der Waals surface area contributed by atoms with Crippen LogP contribution in [0.1, 0.15) is 17.3 Å². The summed E-state index contributed by atoms with van der Waals surface area (Å²) in [7, 11) is 0. The van der Waals surface area contributed by atoms with E-state index in [9.17, 15) is 4.79 Å². The molecule has 0 aromatic heterocycles. The van der Waals surface area contributed by atoms with E-state index in [1.165, 1.54) is 0 Å². The van der Waals surface area contributed by atoms with E-state index < -0.39 is 0 Å². The summed E-state index contributed by atoms with van der Waals surface area (Å²) in [6, 6.07) is 7.55. The van der Waals surface area contributed by atoms with E-state index >= 15 is 0 Å². The van der Waals surface area contributed by atoms with E-state index in [0.29, 0.717) is 6.61 Å². The van der Waals surface area contributed by atoms with Gasteiger partial charge < -0.3 is 4.74 Å². The zero-order valence-corrected chi connectivity index (χ0v) is 10.8. The third kappa shape index (κ3) is 3.10. The van der Waals surface area contributed by atoms with Crippen LogP contribution < -0.4 is 0 Å². The average Bonchev–Trinajstić information content (AvgIpc) is 2.17. The van der Waals surface area contributed by atoms with Crippen molar-refractivity contribution in [2.75, 3.05) is 6.61 Å². The van der Waals surface area contributed by atoms with Gasteiger partial charge in [0.15, 0.2) is 0 Å². The molecule has 14 heavy (non-hydrogen) atoms. The summed E-state index contributed by atoms with van der Waals surface area (Å²) >= 11 is 6.64. The van der Waals surface area contributed by atoms with Gasteiger partial charge in [-0.3, -0.25) is 4.79 Å². The molecule has 0 aliphatic carbocycles. The molecule has 0 N–H and O–H groups in total. The molecule has 76 valence electrons. The molecule has 1 aromatic rings. The van der Waals surface area contributed by atoms with E-state index in [4.69, 9.17) is 4.74 Å². The molecule has 0 aliphatic rings. The normalized spacial score (nSPS) is 12.2. The van der Waals surface area contributed by atoms with Crippen LogP contribution in [0.25, 0.3) is 0 Å². The Bertz CT molecular complexity index is 326. The minimum absolute atomic E-state index is 0.259. The maximum atomic E-state index is 11.4. The SMILES string of the molecule is CCOC(=O)C(Br)c1cccc(Br)c1. The highest BCUT2D eigenvalue weighted by molar-refractivity contribution is 9.10. The van der Waals surface area contributed by atoms with Crippen LogP contribution in [-0.4, -0.2) is 12.6 Å². The van der Waals surface area contributed by atoms with Crippen molar-refractivity contribution in [3.63, 3.8) is 0 Å². The summed E-state index contributed by atoms with van der Waals surface area (Å²) in [4.78, 5) is 11.0. The molecular formula is C10H10Br2O2. The molecule has 0 saturated heterocycles. The Kier molecular flexibility index (Phi) is 4.62. The zero-order valence-electron chi connectivity index (χ0n) is 7.67. The molecule has 1 aromatic carbocycles. The van der Waals surface area contributed by atoms with E-state index in [1.54, 1.807) is 6.92 Å². The molecule has 1 unspecified atom stereocenters. The van der Waals surface area contributed by atoms with Gasteiger partial charge in [0.1, 0.15) is 4.83 Å². The molecule has 0 heterocycles. The number of carbonyl (C=O) groups excluding carboxylic acids is 1. The van der Waals surface area contributed by atoms with E-state index in [1.807, 2.05) is 24.3 Å². The Morgan fingerprint density at radius 2 is 2.29 bits per heavy atom. The van der Waals surface area contributed by atoms with Crippen LogP contribution in [0.3, 0.4) is 0 Å². The van der Waals surface area contributed by atoms with Crippen LogP contribution in [0.15, 0.2) is 28.7 Å². The third-order valence-electron chi connectivity index (χ3n) is 1.63. The second-order valence-electron chi connectivity index (χ2n) is 2.67. The molecule has 0 radical (unpaired) electrons. The number of benzene rings is 1. The first kappa shape index (κ1) is 11.7. The van der Waals surface area contributed by atoms with Crippen LogP contribution >= 0.6 is 31.9 Å². The Balaban J connectivity index is 2.78. The quantitative estimate of drug-likeness (QED) is 0.629. The summed E-state index contributed by atoms with van der Waals surface area (Å²) in [5.41, 5.74) is 0.887. The molecule has 2 nitrogen and oxygen atoms in total.